The molecule has 0 aliphatic heterocycles. The van der Waals surface area contributed by atoms with Crippen LogP contribution in [0.2, 0.25) is 10.0 Å². The quantitative estimate of drug-likeness (QED) is 0.517. The van der Waals surface area contributed by atoms with Gasteiger partial charge in [0.25, 0.3) is 0 Å². The van der Waals surface area contributed by atoms with E-state index in [1.165, 1.54) is 12.8 Å². The van der Waals surface area contributed by atoms with Crippen LogP contribution < -0.4 is 16.1 Å². The summed E-state index contributed by atoms with van der Waals surface area (Å²) in [7, 11) is 0. The molecule has 0 unspecified atom stereocenters. The summed E-state index contributed by atoms with van der Waals surface area (Å²) in [5.41, 5.74) is 2.03. The predicted molar refractivity (Wildman–Crippen MR) is 117 cm³/mol. The molecule has 6 heteroatoms. The van der Waals surface area contributed by atoms with E-state index in [0.29, 0.717) is 22.0 Å². The van der Waals surface area contributed by atoms with Gasteiger partial charge in [0.2, 0.25) is 0 Å². The highest BCUT2D eigenvalue weighted by Crippen LogP contribution is 2.27. The Bertz CT molecular complexity index is 1030. The Hall–Kier alpha value is -2.01. The molecule has 1 heterocycles. The third-order valence-corrected chi connectivity index (χ3v) is 6.24. The van der Waals surface area contributed by atoms with Crippen LogP contribution in [-0.4, -0.2) is 17.6 Å². The zero-order valence-corrected chi connectivity index (χ0v) is 17.0. The first kappa shape index (κ1) is 19.3. The lowest BCUT2D eigenvalue weighted by Crippen LogP contribution is -2.35. The molecule has 0 amide bonds. The summed E-state index contributed by atoms with van der Waals surface area (Å²) in [5.74, 6) is 1.29. The minimum Gasteiger partial charge on any atom is -0.371 e. The van der Waals surface area contributed by atoms with Crippen LogP contribution in [0.5, 0.6) is 0 Å². The van der Waals surface area contributed by atoms with Gasteiger partial charge in [-0.2, -0.15) is 0 Å². The summed E-state index contributed by atoms with van der Waals surface area (Å²) in [6.07, 6.45) is 3.53. The van der Waals surface area contributed by atoms with E-state index in [0.717, 1.165) is 41.8 Å². The highest BCUT2D eigenvalue weighted by molar-refractivity contribution is 6.42. The van der Waals surface area contributed by atoms with Crippen LogP contribution in [0.4, 0.5) is 5.82 Å². The number of para-hydroxylation sites is 1. The number of halogens is 2. The first-order valence-electron chi connectivity index (χ1n) is 9.63. The number of rotatable bonds is 6. The first-order valence-corrected chi connectivity index (χ1v) is 10.4. The van der Waals surface area contributed by atoms with Crippen LogP contribution in [0.1, 0.15) is 24.8 Å². The molecule has 4 nitrogen and oxygen atoms in total. The van der Waals surface area contributed by atoms with Crippen molar-refractivity contribution in [2.45, 2.75) is 31.8 Å². The molecular weight excluding hydrogens is 393 g/mol. The Kier molecular flexibility index (Phi) is 5.90. The highest BCUT2D eigenvalue weighted by Gasteiger charge is 2.26. The van der Waals surface area contributed by atoms with Gasteiger partial charge in [-0.05, 0) is 48.6 Å². The Balaban J connectivity index is 1.37. The minimum absolute atomic E-state index is 0.0394. The number of aromatic amines is 1. The van der Waals surface area contributed by atoms with Crippen molar-refractivity contribution < 1.29 is 0 Å². The molecule has 1 fully saturated rings. The Labute approximate surface area is 174 Å². The maximum Gasteiger partial charge on any atom is 0.191 e. The number of anilines is 1. The third-order valence-electron chi connectivity index (χ3n) is 5.50. The monoisotopic (exact) mass is 415 g/mol. The van der Waals surface area contributed by atoms with Crippen LogP contribution in [0.15, 0.2) is 53.3 Å². The number of fused-ring (bicyclic) bond motifs is 1. The Morgan fingerprint density at radius 3 is 2.75 bits per heavy atom. The fourth-order valence-corrected chi connectivity index (χ4v) is 4.30. The predicted octanol–water partition coefficient (Wildman–Crippen LogP) is 5.21. The molecule has 146 valence electrons. The maximum atomic E-state index is 12.3. The fraction of sp³-hybridized carbons (Fsp3) is 0.318. The lowest BCUT2D eigenvalue weighted by atomic mass is 10.0. The highest BCUT2D eigenvalue weighted by atomic mass is 35.5. The molecular formula is C22H23Cl2N3O. The Morgan fingerprint density at radius 1 is 1.04 bits per heavy atom. The molecule has 28 heavy (non-hydrogen) atoms. The SMILES string of the molecule is O=c1cc(NC[C@H]2CCC[C@H]2NCc2ccc(Cl)c(Cl)c2)[nH]c2ccccc12. The number of benzene rings is 2. The van der Waals surface area contributed by atoms with E-state index in [2.05, 4.69) is 15.6 Å². The van der Waals surface area contributed by atoms with E-state index in [4.69, 9.17) is 23.2 Å². The van der Waals surface area contributed by atoms with Crippen LogP contribution in [0.3, 0.4) is 0 Å². The van der Waals surface area contributed by atoms with Crippen molar-refractivity contribution in [3.05, 3.63) is 74.4 Å². The minimum atomic E-state index is 0.0394. The zero-order chi connectivity index (χ0) is 19.5. The average molecular weight is 416 g/mol. The first-order chi connectivity index (χ1) is 13.6. The molecule has 0 spiro atoms. The van der Waals surface area contributed by atoms with E-state index in [-0.39, 0.29) is 5.43 Å². The molecule has 2 atom stereocenters. The molecule has 4 rings (SSSR count). The number of hydrogen-bond acceptors (Lipinski definition) is 3. The molecule has 2 aromatic carbocycles. The Morgan fingerprint density at radius 2 is 1.89 bits per heavy atom. The lowest BCUT2D eigenvalue weighted by Gasteiger charge is -2.22. The fourth-order valence-electron chi connectivity index (χ4n) is 3.98. The normalized spacial score (nSPS) is 19.2. The van der Waals surface area contributed by atoms with Gasteiger partial charge in [-0.25, -0.2) is 0 Å². The number of hydrogen-bond donors (Lipinski definition) is 3. The summed E-state index contributed by atoms with van der Waals surface area (Å²) in [4.78, 5) is 15.6. The van der Waals surface area contributed by atoms with Gasteiger partial charge in [0.15, 0.2) is 5.43 Å². The number of aromatic nitrogens is 1. The van der Waals surface area contributed by atoms with Crippen molar-refractivity contribution in [2.75, 3.05) is 11.9 Å². The van der Waals surface area contributed by atoms with Gasteiger partial charge >= 0.3 is 0 Å². The molecule has 0 bridgehead atoms. The largest absolute Gasteiger partial charge is 0.371 e. The number of H-pyrrole nitrogens is 1. The summed E-state index contributed by atoms with van der Waals surface area (Å²) in [5, 5.41) is 8.98. The molecule has 1 aromatic heterocycles. The lowest BCUT2D eigenvalue weighted by molar-refractivity contribution is 0.413. The van der Waals surface area contributed by atoms with Gasteiger partial charge in [0.05, 0.1) is 15.6 Å². The van der Waals surface area contributed by atoms with Gasteiger partial charge in [-0.3, -0.25) is 4.79 Å². The standard InChI is InChI=1S/C22H23Cl2N3O/c23-17-9-8-14(10-18(17)24)12-25-19-7-3-4-15(19)13-26-22-11-21(28)16-5-1-2-6-20(16)27-22/h1-2,5-6,8-11,15,19,25H,3-4,7,12-13H2,(H2,26,27,28)/t15-,19-/m1/s1. The van der Waals surface area contributed by atoms with Crippen molar-refractivity contribution in [2.24, 2.45) is 5.92 Å². The molecule has 3 aromatic rings. The zero-order valence-electron chi connectivity index (χ0n) is 15.5. The van der Waals surface area contributed by atoms with Crippen molar-refractivity contribution in [3.63, 3.8) is 0 Å². The van der Waals surface area contributed by atoms with E-state index < -0.39 is 0 Å². The van der Waals surface area contributed by atoms with Gasteiger partial charge in [-0.1, -0.05) is 47.8 Å². The molecule has 0 saturated heterocycles. The van der Waals surface area contributed by atoms with Crippen LogP contribution in [0, 0.1) is 5.92 Å². The topological polar surface area (TPSA) is 56.9 Å². The van der Waals surface area contributed by atoms with Gasteiger partial charge in [0, 0.05) is 30.6 Å². The van der Waals surface area contributed by atoms with E-state index in [1.807, 2.05) is 42.5 Å². The average Bonchev–Trinajstić information content (AvgIpc) is 3.15. The van der Waals surface area contributed by atoms with E-state index >= 15 is 0 Å². The van der Waals surface area contributed by atoms with Crippen LogP contribution >= 0.6 is 23.2 Å². The number of pyridine rings is 1. The van der Waals surface area contributed by atoms with Crippen molar-refractivity contribution >= 4 is 39.9 Å². The molecule has 1 aliphatic carbocycles. The number of nitrogens with one attached hydrogen (secondary N) is 3. The summed E-state index contributed by atoms with van der Waals surface area (Å²) in [6.45, 7) is 1.60. The summed E-state index contributed by atoms with van der Waals surface area (Å²) >= 11 is 12.1. The van der Waals surface area contributed by atoms with E-state index in [1.54, 1.807) is 6.07 Å². The van der Waals surface area contributed by atoms with Crippen LogP contribution in [0.25, 0.3) is 10.9 Å². The van der Waals surface area contributed by atoms with Gasteiger partial charge < -0.3 is 15.6 Å². The van der Waals surface area contributed by atoms with E-state index in [9.17, 15) is 4.79 Å². The van der Waals surface area contributed by atoms with Crippen molar-refractivity contribution in [1.29, 1.82) is 0 Å². The molecule has 1 saturated carbocycles. The van der Waals surface area contributed by atoms with Crippen LogP contribution in [-0.2, 0) is 6.54 Å². The van der Waals surface area contributed by atoms with Crippen molar-refractivity contribution in [1.82, 2.24) is 10.3 Å². The second-order valence-corrected chi connectivity index (χ2v) is 8.21. The van der Waals surface area contributed by atoms with Gasteiger partial charge in [0.1, 0.15) is 5.82 Å². The van der Waals surface area contributed by atoms with Crippen molar-refractivity contribution in [3.8, 4) is 0 Å². The van der Waals surface area contributed by atoms with Gasteiger partial charge in [-0.15, -0.1) is 0 Å². The molecule has 0 radical (unpaired) electrons. The smallest absolute Gasteiger partial charge is 0.191 e. The molecule has 3 N–H and O–H groups in total. The second-order valence-electron chi connectivity index (χ2n) is 7.40. The third kappa shape index (κ3) is 4.35. The summed E-state index contributed by atoms with van der Waals surface area (Å²) < 4.78 is 0. The maximum absolute atomic E-state index is 12.3. The summed E-state index contributed by atoms with van der Waals surface area (Å²) in [6, 6.07) is 15.4. The molecule has 1 aliphatic rings. The second kappa shape index (κ2) is 8.56.